The van der Waals surface area contributed by atoms with Crippen molar-refractivity contribution in [3.8, 4) is 62.5 Å². The molecular weight excluding hydrogens is 633 g/mol. The van der Waals surface area contributed by atoms with Gasteiger partial charge in [0.05, 0.1) is 11.6 Å². The maximum absolute atomic E-state index is 9.31. The van der Waals surface area contributed by atoms with Gasteiger partial charge in [0.15, 0.2) is 17.5 Å². The Kier molecular flexibility index (Phi) is 7.35. The lowest BCUT2D eigenvalue weighted by Crippen LogP contribution is -2.48. The SMILES string of the molecule is N#Cc1ccc2cc(-c3ccc(-c4nc(-c5ccc(C67C[C@H]8C[C@@H](C6)C[C@@H](C7)C8)cc5)nc(-c5ccccc5-c5ccccc5)n4)cc3)ccc2c1. The van der Waals surface area contributed by atoms with Gasteiger partial charge in [0.1, 0.15) is 0 Å². The number of nitriles is 1. The molecule has 0 saturated heterocycles. The van der Waals surface area contributed by atoms with E-state index in [0.29, 0.717) is 28.5 Å². The number of fused-ring (bicyclic) bond motifs is 1. The van der Waals surface area contributed by atoms with Gasteiger partial charge in [-0.2, -0.15) is 5.26 Å². The Hall–Kier alpha value is -5.92. The van der Waals surface area contributed by atoms with Crippen LogP contribution in [0.1, 0.15) is 49.7 Å². The molecule has 0 N–H and O–H groups in total. The summed E-state index contributed by atoms with van der Waals surface area (Å²) >= 11 is 0. The minimum atomic E-state index is 0.351. The zero-order valence-electron chi connectivity index (χ0n) is 29.0. The summed E-state index contributed by atoms with van der Waals surface area (Å²) in [6, 6.07) is 51.1. The fourth-order valence-corrected chi connectivity index (χ4v) is 10.0. The van der Waals surface area contributed by atoms with Crippen molar-refractivity contribution in [2.24, 2.45) is 17.8 Å². The van der Waals surface area contributed by atoms with Gasteiger partial charge in [-0.1, -0.05) is 121 Å². The molecule has 4 saturated carbocycles. The maximum atomic E-state index is 9.31. The first-order valence-electron chi connectivity index (χ1n) is 18.7. The summed E-state index contributed by atoms with van der Waals surface area (Å²) in [7, 11) is 0. The van der Waals surface area contributed by atoms with E-state index in [0.717, 1.165) is 67.5 Å². The van der Waals surface area contributed by atoms with Crippen molar-refractivity contribution in [2.75, 3.05) is 0 Å². The first-order chi connectivity index (χ1) is 25.6. The zero-order chi connectivity index (χ0) is 34.6. The highest BCUT2D eigenvalue weighted by Gasteiger charge is 2.51. The van der Waals surface area contributed by atoms with Crippen molar-refractivity contribution in [1.82, 2.24) is 15.0 Å². The molecule has 4 nitrogen and oxygen atoms in total. The Labute approximate surface area is 304 Å². The summed E-state index contributed by atoms with van der Waals surface area (Å²) in [6.45, 7) is 0. The molecule has 0 aliphatic heterocycles. The highest BCUT2D eigenvalue weighted by Crippen LogP contribution is 2.60. The summed E-state index contributed by atoms with van der Waals surface area (Å²) < 4.78 is 0. The van der Waals surface area contributed by atoms with Crippen molar-refractivity contribution < 1.29 is 0 Å². The van der Waals surface area contributed by atoms with E-state index in [2.05, 4.69) is 121 Å². The third-order valence-electron chi connectivity index (χ3n) is 12.1. The zero-order valence-corrected chi connectivity index (χ0v) is 29.0. The van der Waals surface area contributed by atoms with Crippen LogP contribution in [0.5, 0.6) is 0 Å². The van der Waals surface area contributed by atoms with E-state index in [-0.39, 0.29) is 0 Å². The minimum absolute atomic E-state index is 0.351. The summed E-state index contributed by atoms with van der Waals surface area (Å²) in [4.78, 5) is 15.4. The average Bonchev–Trinajstić information content (AvgIpc) is 3.20. The Morgan fingerprint density at radius 3 is 1.63 bits per heavy atom. The van der Waals surface area contributed by atoms with Crippen LogP contribution in [0, 0.1) is 29.1 Å². The van der Waals surface area contributed by atoms with Gasteiger partial charge in [-0.25, -0.2) is 15.0 Å². The average molecular weight is 671 g/mol. The van der Waals surface area contributed by atoms with Crippen LogP contribution in [0.15, 0.2) is 140 Å². The number of hydrogen-bond donors (Lipinski definition) is 0. The lowest BCUT2D eigenvalue weighted by molar-refractivity contribution is -0.00518. The molecule has 0 radical (unpaired) electrons. The summed E-state index contributed by atoms with van der Waals surface area (Å²) in [6.07, 6.45) is 8.41. The van der Waals surface area contributed by atoms with E-state index in [4.69, 9.17) is 15.0 Å². The monoisotopic (exact) mass is 670 g/mol. The predicted octanol–water partition coefficient (Wildman–Crippen LogP) is 11.7. The van der Waals surface area contributed by atoms with Gasteiger partial charge in [0.25, 0.3) is 0 Å². The van der Waals surface area contributed by atoms with E-state index in [1.54, 1.807) is 0 Å². The third-order valence-corrected chi connectivity index (χ3v) is 12.1. The van der Waals surface area contributed by atoms with Gasteiger partial charge in [0, 0.05) is 16.7 Å². The molecule has 0 unspecified atom stereocenters. The number of rotatable bonds is 6. The molecule has 52 heavy (non-hydrogen) atoms. The van der Waals surface area contributed by atoms with Crippen LogP contribution >= 0.6 is 0 Å². The lowest BCUT2D eigenvalue weighted by Gasteiger charge is -2.57. The second kappa shape index (κ2) is 12.4. The molecule has 0 spiro atoms. The van der Waals surface area contributed by atoms with Crippen molar-refractivity contribution in [2.45, 2.75) is 43.9 Å². The number of hydrogen-bond acceptors (Lipinski definition) is 4. The van der Waals surface area contributed by atoms with Gasteiger partial charge < -0.3 is 0 Å². The molecule has 1 aromatic heterocycles. The quantitative estimate of drug-likeness (QED) is 0.177. The molecular formula is C48H38N4. The van der Waals surface area contributed by atoms with Crippen molar-refractivity contribution in [3.05, 3.63) is 151 Å². The molecule has 1 heterocycles. The molecule has 4 aliphatic carbocycles. The first kappa shape index (κ1) is 30.9. The van der Waals surface area contributed by atoms with E-state index in [1.807, 2.05) is 24.3 Å². The molecule has 7 aromatic rings. The highest BCUT2D eigenvalue weighted by atomic mass is 15.0. The van der Waals surface area contributed by atoms with Crippen LogP contribution in [0.25, 0.3) is 67.2 Å². The van der Waals surface area contributed by atoms with Gasteiger partial charge in [-0.15, -0.1) is 0 Å². The molecule has 4 heteroatoms. The second-order valence-electron chi connectivity index (χ2n) is 15.5. The summed E-state index contributed by atoms with van der Waals surface area (Å²) in [5.41, 5.74) is 9.93. The van der Waals surface area contributed by atoms with Crippen LogP contribution in [-0.2, 0) is 5.41 Å². The van der Waals surface area contributed by atoms with E-state index in [9.17, 15) is 5.26 Å². The largest absolute Gasteiger partial charge is 0.208 e. The van der Waals surface area contributed by atoms with E-state index < -0.39 is 0 Å². The molecule has 4 bridgehead atoms. The Balaban J connectivity index is 1.04. The van der Waals surface area contributed by atoms with Crippen LogP contribution in [0.2, 0.25) is 0 Å². The Bertz CT molecular complexity index is 2460. The Morgan fingerprint density at radius 1 is 0.462 bits per heavy atom. The molecule has 0 amide bonds. The number of nitrogens with zero attached hydrogens (tertiary/aromatic N) is 4. The molecule has 250 valence electrons. The van der Waals surface area contributed by atoms with Crippen LogP contribution in [0.3, 0.4) is 0 Å². The minimum Gasteiger partial charge on any atom is -0.208 e. The molecule has 6 aromatic carbocycles. The topological polar surface area (TPSA) is 62.5 Å². The third kappa shape index (κ3) is 5.49. The van der Waals surface area contributed by atoms with E-state index in [1.165, 1.54) is 44.1 Å². The molecule has 4 aliphatic rings. The highest BCUT2D eigenvalue weighted by molar-refractivity contribution is 5.88. The predicted molar refractivity (Wildman–Crippen MR) is 209 cm³/mol. The first-order valence-corrected chi connectivity index (χ1v) is 18.7. The Morgan fingerprint density at radius 2 is 0.981 bits per heavy atom. The van der Waals surface area contributed by atoms with E-state index >= 15 is 0 Å². The fraction of sp³-hybridized carbons (Fsp3) is 0.208. The smallest absolute Gasteiger partial charge is 0.164 e. The van der Waals surface area contributed by atoms with Crippen LogP contribution < -0.4 is 0 Å². The number of benzene rings is 6. The van der Waals surface area contributed by atoms with Gasteiger partial charge in [-0.3, -0.25) is 0 Å². The van der Waals surface area contributed by atoms with Gasteiger partial charge in [-0.05, 0) is 118 Å². The van der Waals surface area contributed by atoms with Gasteiger partial charge >= 0.3 is 0 Å². The van der Waals surface area contributed by atoms with Crippen molar-refractivity contribution >= 4 is 10.8 Å². The second-order valence-corrected chi connectivity index (χ2v) is 15.5. The molecule has 0 atom stereocenters. The standard InChI is InChI=1S/C48H38N4/c49-30-31-10-11-41-26-40(17-16-39(41)25-31)35-12-14-37(15-13-35)45-50-46(52-47(51-45)44-9-5-4-8-43(44)36-6-2-1-3-7-36)38-18-20-42(21-19-38)48-27-32-22-33(28-48)24-34(23-32)29-48/h1-21,25-26,32-34H,22-24,27-29H2/t32-,33+,34-,48?. The normalized spacial score (nSPS) is 21.6. The van der Waals surface area contributed by atoms with Crippen LogP contribution in [-0.4, -0.2) is 15.0 Å². The molecule has 4 fully saturated rings. The molecule has 11 rings (SSSR count). The van der Waals surface area contributed by atoms with Crippen molar-refractivity contribution in [3.63, 3.8) is 0 Å². The number of aromatic nitrogens is 3. The van der Waals surface area contributed by atoms with Crippen molar-refractivity contribution in [1.29, 1.82) is 5.26 Å². The maximum Gasteiger partial charge on any atom is 0.164 e. The lowest BCUT2D eigenvalue weighted by atomic mass is 9.48. The summed E-state index contributed by atoms with van der Waals surface area (Å²) in [5.74, 6) is 4.75. The van der Waals surface area contributed by atoms with Crippen LogP contribution in [0.4, 0.5) is 0 Å². The van der Waals surface area contributed by atoms with Gasteiger partial charge in [0.2, 0.25) is 0 Å². The fourth-order valence-electron chi connectivity index (χ4n) is 10.0. The summed E-state index contributed by atoms with van der Waals surface area (Å²) in [5, 5.41) is 11.5.